The van der Waals surface area contributed by atoms with Gasteiger partial charge in [-0.25, -0.2) is 9.59 Å². The van der Waals surface area contributed by atoms with Crippen LogP contribution in [-0.4, -0.2) is 40.8 Å². The molecule has 1 atom stereocenters. The molecule has 0 spiro atoms. The molecule has 2 heterocycles. The maximum absolute atomic E-state index is 11.9. The molecule has 0 radical (unpaired) electrons. The number of benzene rings is 1. The van der Waals surface area contributed by atoms with Crippen LogP contribution in [0.3, 0.4) is 0 Å². The number of rotatable bonds is 3. The molecule has 22 heavy (non-hydrogen) atoms. The predicted molar refractivity (Wildman–Crippen MR) is 76.7 cm³/mol. The second kappa shape index (κ2) is 5.22. The average molecular weight is 322 g/mol. The minimum atomic E-state index is -1.58. The number of nitrogens with one attached hydrogen (secondary N) is 1. The van der Waals surface area contributed by atoms with Gasteiger partial charge in [0.25, 0.3) is 0 Å². The van der Waals surface area contributed by atoms with Crippen molar-refractivity contribution in [2.45, 2.75) is 11.8 Å². The number of H-pyrrole nitrogens is 1. The molecule has 0 saturated carbocycles. The van der Waals surface area contributed by atoms with E-state index in [1.54, 1.807) is 25.1 Å². The third-order valence-electron chi connectivity index (χ3n) is 2.96. The summed E-state index contributed by atoms with van der Waals surface area (Å²) >= 11 is 0. The molecule has 2 N–H and O–H groups in total. The highest BCUT2D eigenvalue weighted by molar-refractivity contribution is 7.85. The van der Waals surface area contributed by atoms with E-state index in [0.29, 0.717) is 21.6 Å². The van der Waals surface area contributed by atoms with Crippen LogP contribution in [0, 0.1) is 0 Å². The van der Waals surface area contributed by atoms with E-state index in [9.17, 15) is 13.8 Å². The van der Waals surface area contributed by atoms with Gasteiger partial charge in [0, 0.05) is 16.0 Å². The van der Waals surface area contributed by atoms with Crippen molar-refractivity contribution >= 4 is 33.5 Å². The molecule has 1 aromatic carbocycles. The van der Waals surface area contributed by atoms with Gasteiger partial charge in [0.1, 0.15) is 0 Å². The minimum absolute atomic E-state index is 0.130. The molecule has 10 heteroatoms. The van der Waals surface area contributed by atoms with Crippen LogP contribution in [0.4, 0.5) is 4.79 Å². The van der Waals surface area contributed by atoms with E-state index in [1.165, 1.54) is 0 Å². The van der Waals surface area contributed by atoms with E-state index < -0.39 is 28.7 Å². The smallest absolute Gasteiger partial charge is 0.449 e. The van der Waals surface area contributed by atoms with Gasteiger partial charge in [-0.15, -0.1) is 5.10 Å². The molecule has 0 bridgehead atoms. The summed E-state index contributed by atoms with van der Waals surface area (Å²) in [5.41, 5.74) is 0.0215. The largest absolute Gasteiger partial charge is 0.513 e. The predicted octanol–water partition coefficient (Wildman–Crippen LogP) is 0.755. The third kappa shape index (κ3) is 2.33. The summed E-state index contributed by atoms with van der Waals surface area (Å²) in [5, 5.41) is 12.8. The Kier molecular flexibility index (Phi) is 3.37. The summed E-state index contributed by atoms with van der Waals surface area (Å²) < 4.78 is 17.2. The fourth-order valence-corrected chi connectivity index (χ4v) is 2.83. The summed E-state index contributed by atoms with van der Waals surface area (Å²) in [4.78, 5) is 29.5. The third-order valence-corrected chi connectivity index (χ3v) is 4.26. The van der Waals surface area contributed by atoms with E-state index in [2.05, 4.69) is 19.8 Å². The van der Waals surface area contributed by atoms with Crippen LogP contribution < -0.4 is 10.4 Å². The molecule has 0 aliphatic carbocycles. The molecule has 0 saturated heterocycles. The molecule has 9 nitrogen and oxygen atoms in total. The lowest BCUT2D eigenvalue weighted by Gasteiger charge is -2.03. The molecule has 3 aromatic rings. The number of nitrogens with zero attached hydrogens (tertiary/aromatic N) is 3. The monoisotopic (exact) mass is 322 g/mol. The van der Waals surface area contributed by atoms with Crippen molar-refractivity contribution in [3.8, 4) is 6.01 Å². The Bertz CT molecular complexity index is 977. The summed E-state index contributed by atoms with van der Waals surface area (Å²) in [6, 6.07) is 4.44. The first-order valence-electron chi connectivity index (χ1n) is 6.21. The Hall–Kier alpha value is -2.75. The lowest BCUT2D eigenvalue weighted by atomic mass is 10.2. The summed E-state index contributed by atoms with van der Waals surface area (Å²) in [6.07, 6.45) is -1.58. The van der Waals surface area contributed by atoms with Crippen LogP contribution in [0.1, 0.15) is 6.92 Å². The summed E-state index contributed by atoms with van der Waals surface area (Å²) in [7, 11) is -1.17. The van der Waals surface area contributed by atoms with Crippen LogP contribution in [0.2, 0.25) is 0 Å². The standard InChI is InChI=1S/C12H10N4O5S/c1-2-22(20)6-3-4-8-7(5-6)9-14-10(21-12(18)19)15-16(9)11(17)13-8/h3-5H,2H2,1H3,(H,13,17)(H,18,19). The Balaban J connectivity index is 2.31. The van der Waals surface area contributed by atoms with Gasteiger partial charge in [-0.2, -0.15) is 9.50 Å². The highest BCUT2D eigenvalue weighted by Gasteiger charge is 2.15. The van der Waals surface area contributed by atoms with Gasteiger partial charge < -0.3 is 14.8 Å². The van der Waals surface area contributed by atoms with E-state index in [0.717, 1.165) is 4.52 Å². The van der Waals surface area contributed by atoms with Gasteiger partial charge in [0.2, 0.25) is 0 Å². The van der Waals surface area contributed by atoms with Crippen molar-refractivity contribution in [3.05, 3.63) is 28.7 Å². The van der Waals surface area contributed by atoms with Crippen LogP contribution in [0.5, 0.6) is 6.01 Å². The van der Waals surface area contributed by atoms with Gasteiger partial charge in [0.15, 0.2) is 5.65 Å². The number of carboxylic acid groups (broad SMARTS) is 1. The maximum atomic E-state index is 11.9. The second-order valence-electron chi connectivity index (χ2n) is 4.27. The topological polar surface area (TPSA) is 127 Å². The Morgan fingerprint density at radius 1 is 1.50 bits per heavy atom. The van der Waals surface area contributed by atoms with Gasteiger partial charge in [-0.1, -0.05) is 6.92 Å². The number of hydrogen-bond donors (Lipinski definition) is 2. The summed E-state index contributed by atoms with van der Waals surface area (Å²) in [6.45, 7) is 1.79. The molecule has 0 aliphatic rings. The lowest BCUT2D eigenvalue weighted by molar-refractivity contribution is 0.140. The quantitative estimate of drug-likeness (QED) is 0.681. The van der Waals surface area contributed by atoms with Gasteiger partial charge >= 0.3 is 17.9 Å². The zero-order chi connectivity index (χ0) is 15.9. The van der Waals surface area contributed by atoms with Crippen LogP contribution >= 0.6 is 0 Å². The number of fused-ring (bicyclic) bond motifs is 3. The maximum Gasteiger partial charge on any atom is 0.513 e. The number of ether oxygens (including phenoxy) is 1. The molecule has 0 amide bonds. The SMILES string of the molecule is CCS(=O)c1ccc2[nH]c(=O)n3nc(OC(=O)O)nc3c2c1. The van der Waals surface area contributed by atoms with E-state index in [-0.39, 0.29) is 5.65 Å². The molecular formula is C12H10N4O5S. The molecule has 3 rings (SSSR count). The van der Waals surface area contributed by atoms with E-state index in [1.807, 2.05) is 0 Å². The molecule has 1 unspecified atom stereocenters. The van der Waals surface area contributed by atoms with E-state index >= 15 is 0 Å². The van der Waals surface area contributed by atoms with Crippen molar-refractivity contribution < 1.29 is 18.8 Å². The Morgan fingerprint density at radius 2 is 2.27 bits per heavy atom. The number of hydrogen-bond acceptors (Lipinski definition) is 6. The van der Waals surface area contributed by atoms with E-state index in [4.69, 9.17) is 5.11 Å². The van der Waals surface area contributed by atoms with Gasteiger partial charge in [-0.05, 0) is 18.2 Å². The van der Waals surface area contributed by atoms with Crippen LogP contribution in [0.15, 0.2) is 27.9 Å². The molecule has 0 aliphatic heterocycles. The zero-order valence-electron chi connectivity index (χ0n) is 11.3. The van der Waals surface area contributed by atoms with Crippen LogP contribution in [0.25, 0.3) is 16.6 Å². The number of carbonyl (C=O) groups is 1. The van der Waals surface area contributed by atoms with Gasteiger partial charge in [0.05, 0.1) is 16.3 Å². The van der Waals surface area contributed by atoms with Crippen molar-refractivity contribution in [1.82, 2.24) is 19.6 Å². The molecule has 0 fully saturated rings. The van der Waals surface area contributed by atoms with Crippen molar-refractivity contribution in [2.24, 2.45) is 0 Å². The fraction of sp³-hybridized carbons (Fsp3) is 0.167. The first-order chi connectivity index (χ1) is 10.5. The van der Waals surface area contributed by atoms with Crippen molar-refractivity contribution in [3.63, 3.8) is 0 Å². The minimum Gasteiger partial charge on any atom is -0.449 e. The Labute approximate surface area is 125 Å². The molecule has 2 aromatic heterocycles. The number of aromatic nitrogens is 4. The van der Waals surface area contributed by atoms with Crippen molar-refractivity contribution in [2.75, 3.05) is 5.75 Å². The zero-order valence-corrected chi connectivity index (χ0v) is 12.1. The highest BCUT2D eigenvalue weighted by Crippen LogP contribution is 2.20. The first-order valence-corrected chi connectivity index (χ1v) is 7.53. The first kappa shape index (κ1) is 14.2. The fourth-order valence-electron chi connectivity index (χ4n) is 2.02. The summed E-state index contributed by atoms with van der Waals surface area (Å²) in [5.74, 6) is 0.450. The molecular weight excluding hydrogens is 312 g/mol. The molecule has 114 valence electrons. The van der Waals surface area contributed by atoms with Gasteiger partial charge in [-0.3, -0.25) is 4.21 Å². The lowest BCUT2D eigenvalue weighted by Crippen LogP contribution is -2.17. The van der Waals surface area contributed by atoms with Crippen molar-refractivity contribution in [1.29, 1.82) is 0 Å². The second-order valence-corrected chi connectivity index (χ2v) is 6.01. The average Bonchev–Trinajstić information content (AvgIpc) is 2.90. The Morgan fingerprint density at radius 3 is 2.95 bits per heavy atom. The number of aromatic amines is 1. The highest BCUT2D eigenvalue weighted by atomic mass is 32.2. The van der Waals surface area contributed by atoms with Crippen LogP contribution in [-0.2, 0) is 10.8 Å². The normalized spacial score (nSPS) is 12.6.